The van der Waals surface area contributed by atoms with Crippen LogP contribution in [0.15, 0.2) is 42.5 Å². The number of aliphatic carboxylic acids is 1. The number of carboxylic acid groups (broad SMARTS) is 1. The number of nitrogens with zero attached hydrogens (tertiary/aromatic N) is 1. The molecule has 0 fully saturated rings. The minimum absolute atomic E-state index is 0.0715. The molecule has 0 spiro atoms. The SMILES string of the molecule is CCc1ccc(C(=O)NC(C)c2ccc(OCC(=O)O)cc2)cc1[N+](=O)[O-]. The number of carboxylic acids is 1. The lowest BCUT2D eigenvalue weighted by Gasteiger charge is -2.15. The smallest absolute Gasteiger partial charge is 0.341 e. The Morgan fingerprint density at radius 1 is 1.22 bits per heavy atom. The van der Waals surface area contributed by atoms with Gasteiger partial charge in [0.1, 0.15) is 5.75 Å². The third kappa shape index (κ3) is 5.27. The Hall–Kier alpha value is -3.42. The van der Waals surface area contributed by atoms with E-state index in [1.165, 1.54) is 6.07 Å². The first-order chi connectivity index (χ1) is 12.8. The normalized spacial score (nSPS) is 11.5. The summed E-state index contributed by atoms with van der Waals surface area (Å²) in [5.41, 5.74) is 1.50. The number of carbonyl (C=O) groups is 2. The van der Waals surface area contributed by atoms with Crippen molar-refractivity contribution in [1.82, 2.24) is 5.32 Å². The Morgan fingerprint density at radius 3 is 2.44 bits per heavy atom. The molecule has 2 aromatic rings. The summed E-state index contributed by atoms with van der Waals surface area (Å²) in [6.45, 7) is 3.16. The van der Waals surface area contributed by atoms with E-state index in [1.807, 2.05) is 6.92 Å². The van der Waals surface area contributed by atoms with Crippen LogP contribution in [0, 0.1) is 10.1 Å². The number of nitrogens with one attached hydrogen (secondary N) is 1. The van der Waals surface area contributed by atoms with Gasteiger partial charge in [-0.15, -0.1) is 0 Å². The molecule has 0 aromatic heterocycles. The van der Waals surface area contributed by atoms with Gasteiger partial charge in [-0.2, -0.15) is 0 Å². The topological polar surface area (TPSA) is 119 Å². The molecule has 1 amide bonds. The van der Waals surface area contributed by atoms with Crippen molar-refractivity contribution in [3.05, 3.63) is 69.3 Å². The molecule has 142 valence electrons. The molecule has 2 rings (SSSR count). The van der Waals surface area contributed by atoms with Crippen LogP contribution in [0.2, 0.25) is 0 Å². The van der Waals surface area contributed by atoms with E-state index in [0.717, 1.165) is 5.56 Å². The first kappa shape index (κ1) is 19.9. The van der Waals surface area contributed by atoms with Crippen LogP contribution in [0.4, 0.5) is 5.69 Å². The molecule has 0 aliphatic rings. The van der Waals surface area contributed by atoms with Crippen LogP contribution in [0.25, 0.3) is 0 Å². The summed E-state index contributed by atoms with van der Waals surface area (Å²) in [7, 11) is 0. The number of hydrogen-bond donors (Lipinski definition) is 2. The van der Waals surface area contributed by atoms with Gasteiger partial charge in [0.25, 0.3) is 11.6 Å². The van der Waals surface area contributed by atoms with Gasteiger partial charge in [-0.05, 0) is 37.1 Å². The maximum Gasteiger partial charge on any atom is 0.341 e. The molecule has 0 heterocycles. The van der Waals surface area contributed by atoms with Crippen molar-refractivity contribution >= 4 is 17.6 Å². The highest BCUT2D eigenvalue weighted by Crippen LogP contribution is 2.22. The summed E-state index contributed by atoms with van der Waals surface area (Å²) in [5.74, 6) is -1.08. The predicted octanol–water partition coefficient (Wildman–Crippen LogP) is 3.11. The molecule has 0 aliphatic heterocycles. The van der Waals surface area contributed by atoms with Gasteiger partial charge in [0, 0.05) is 17.2 Å². The lowest BCUT2D eigenvalue weighted by molar-refractivity contribution is -0.385. The van der Waals surface area contributed by atoms with Gasteiger partial charge in [-0.1, -0.05) is 25.1 Å². The van der Waals surface area contributed by atoms with E-state index in [1.54, 1.807) is 43.3 Å². The lowest BCUT2D eigenvalue weighted by Crippen LogP contribution is -2.26. The summed E-state index contributed by atoms with van der Waals surface area (Å²) >= 11 is 0. The van der Waals surface area contributed by atoms with Crippen LogP contribution in [-0.4, -0.2) is 28.5 Å². The van der Waals surface area contributed by atoms with E-state index in [-0.39, 0.29) is 17.3 Å². The molecule has 0 aliphatic carbocycles. The van der Waals surface area contributed by atoms with Gasteiger partial charge in [-0.25, -0.2) is 4.79 Å². The molecule has 8 nitrogen and oxygen atoms in total. The van der Waals surface area contributed by atoms with Gasteiger partial charge in [0.15, 0.2) is 6.61 Å². The summed E-state index contributed by atoms with van der Waals surface area (Å²) in [5, 5.41) is 22.5. The minimum atomic E-state index is -1.07. The zero-order chi connectivity index (χ0) is 20.0. The van der Waals surface area contributed by atoms with Crippen molar-refractivity contribution in [2.45, 2.75) is 26.3 Å². The average molecular weight is 372 g/mol. The molecule has 0 saturated heterocycles. The van der Waals surface area contributed by atoms with E-state index >= 15 is 0 Å². The summed E-state index contributed by atoms with van der Waals surface area (Å²) in [6, 6.07) is 10.7. The van der Waals surface area contributed by atoms with Gasteiger partial charge < -0.3 is 15.2 Å². The summed E-state index contributed by atoms with van der Waals surface area (Å²) in [4.78, 5) is 33.6. The second-order valence-corrected chi connectivity index (χ2v) is 5.90. The Labute approximate surface area is 155 Å². The third-order valence-corrected chi connectivity index (χ3v) is 4.02. The number of ether oxygens (including phenoxy) is 1. The molecule has 27 heavy (non-hydrogen) atoms. The third-order valence-electron chi connectivity index (χ3n) is 4.02. The van der Waals surface area contributed by atoms with E-state index in [2.05, 4.69) is 5.32 Å². The Bertz CT molecular complexity index is 848. The maximum absolute atomic E-state index is 12.4. The van der Waals surface area contributed by atoms with E-state index < -0.39 is 23.4 Å². The van der Waals surface area contributed by atoms with Gasteiger partial charge in [0.2, 0.25) is 0 Å². The van der Waals surface area contributed by atoms with E-state index in [4.69, 9.17) is 9.84 Å². The number of rotatable bonds is 8. The number of hydrogen-bond acceptors (Lipinski definition) is 5. The Balaban J connectivity index is 2.08. The minimum Gasteiger partial charge on any atom is -0.482 e. The standard InChI is InChI=1S/C19H20N2O6/c1-3-13-4-5-15(10-17(13)21(25)26)19(24)20-12(2)14-6-8-16(9-7-14)27-11-18(22)23/h4-10,12H,3,11H2,1-2H3,(H,20,24)(H,22,23). The highest BCUT2D eigenvalue weighted by Gasteiger charge is 2.18. The highest BCUT2D eigenvalue weighted by molar-refractivity contribution is 5.95. The van der Waals surface area contributed by atoms with Crippen molar-refractivity contribution in [2.24, 2.45) is 0 Å². The maximum atomic E-state index is 12.4. The number of nitro benzene ring substituents is 1. The fraction of sp³-hybridized carbons (Fsp3) is 0.263. The Morgan fingerprint density at radius 2 is 1.89 bits per heavy atom. The van der Waals surface area contributed by atoms with E-state index in [0.29, 0.717) is 17.7 Å². The van der Waals surface area contributed by atoms with Crippen LogP contribution < -0.4 is 10.1 Å². The zero-order valence-electron chi connectivity index (χ0n) is 15.0. The summed E-state index contributed by atoms with van der Waals surface area (Å²) in [6.07, 6.45) is 0.505. The zero-order valence-corrected chi connectivity index (χ0v) is 15.0. The molecule has 1 unspecified atom stereocenters. The van der Waals surface area contributed by atoms with Crippen molar-refractivity contribution < 1.29 is 24.4 Å². The molecule has 1 atom stereocenters. The van der Waals surface area contributed by atoms with Gasteiger partial charge in [-0.3, -0.25) is 14.9 Å². The van der Waals surface area contributed by atoms with Gasteiger partial charge >= 0.3 is 5.97 Å². The second-order valence-electron chi connectivity index (χ2n) is 5.90. The van der Waals surface area contributed by atoms with Crippen molar-refractivity contribution in [3.8, 4) is 5.75 Å². The predicted molar refractivity (Wildman–Crippen MR) is 97.9 cm³/mol. The van der Waals surface area contributed by atoms with Crippen LogP contribution in [-0.2, 0) is 11.2 Å². The largest absolute Gasteiger partial charge is 0.482 e. The number of nitro groups is 1. The molecule has 0 saturated carbocycles. The monoisotopic (exact) mass is 372 g/mol. The van der Waals surface area contributed by atoms with Crippen LogP contribution in [0.5, 0.6) is 5.75 Å². The first-order valence-corrected chi connectivity index (χ1v) is 8.34. The van der Waals surface area contributed by atoms with Crippen LogP contribution in [0.1, 0.15) is 41.4 Å². The highest BCUT2D eigenvalue weighted by atomic mass is 16.6. The molecule has 0 radical (unpaired) electrons. The van der Waals surface area contributed by atoms with E-state index in [9.17, 15) is 19.7 Å². The van der Waals surface area contributed by atoms with Crippen molar-refractivity contribution in [3.63, 3.8) is 0 Å². The lowest BCUT2D eigenvalue weighted by atomic mass is 10.0. The first-order valence-electron chi connectivity index (χ1n) is 8.34. The molecule has 8 heteroatoms. The van der Waals surface area contributed by atoms with Crippen LogP contribution in [0.3, 0.4) is 0 Å². The van der Waals surface area contributed by atoms with Gasteiger partial charge in [0.05, 0.1) is 11.0 Å². The fourth-order valence-corrected chi connectivity index (χ4v) is 2.54. The molecular weight excluding hydrogens is 352 g/mol. The quantitative estimate of drug-likeness (QED) is 0.543. The number of benzene rings is 2. The second kappa shape index (κ2) is 8.79. The number of carbonyl (C=O) groups excluding carboxylic acids is 1. The van der Waals surface area contributed by atoms with Crippen molar-refractivity contribution in [2.75, 3.05) is 6.61 Å². The van der Waals surface area contributed by atoms with Crippen molar-refractivity contribution in [1.29, 1.82) is 0 Å². The summed E-state index contributed by atoms with van der Waals surface area (Å²) < 4.78 is 5.06. The molecule has 2 N–H and O–H groups in total. The molecule has 2 aromatic carbocycles. The molecule has 0 bridgehead atoms. The number of aryl methyl sites for hydroxylation is 1. The number of amides is 1. The fourth-order valence-electron chi connectivity index (χ4n) is 2.54. The Kier molecular flexibility index (Phi) is 6.48. The molecular formula is C19H20N2O6. The average Bonchev–Trinajstić information content (AvgIpc) is 2.65. The van der Waals surface area contributed by atoms with Crippen LogP contribution >= 0.6 is 0 Å².